The summed E-state index contributed by atoms with van der Waals surface area (Å²) in [6.07, 6.45) is 1.83. The Morgan fingerprint density at radius 1 is 1.35 bits per heavy atom. The summed E-state index contributed by atoms with van der Waals surface area (Å²) in [5.41, 5.74) is 0. The van der Waals surface area contributed by atoms with Crippen molar-refractivity contribution in [1.29, 1.82) is 0 Å². The number of rotatable bonds is 8. The van der Waals surface area contributed by atoms with Gasteiger partial charge in [-0.2, -0.15) is 0 Å². The first-order valence-electron chi connectivity index (χ1n) is 7.01. The van der Waals surface area contributed by atoms with E-state index in [1.165, 1.54) is 16.2 Å². The van der Waals surface area contributed by atoms with Gasteiger partial charge >= 0.3 is 5.97 Å². The van der Waals surface area contributed by atoms with Crippen LogP contribution in [0.1, 0.15) is 48.2 Å². The Morgan fingerprint density at radius 3 is 2.55 bits per heavy atom. The maximum Gasteiger partial charge on any atom is 0.303 e. The van der Waals surface area contributed by atoms with Crippen molar-refractivity contribution in [2.45, 2.75) is 40.0 Å². The minimum absolute atomic E-state index is 0.0120. The second-order valence-electron chi connectivity index (χ2n) is 5.42. The molecule has 0 aliphatic rings. The Morgan fingerprint density at radius 2 is 2.05 bits per heavy atom. The Hall–Kier alpha value is -1.36. The van der Waals surface area contributed by atoms with E-state index in [4.69, 9.17) is 5.11 Å². The van der Waals surface area contributed by atoms with Crippen LogP contribution in [-0.2, 0) is 11.2 Å². The number of carboxylic acid groups (broad SMARTS) is 1. The van der Waals surface area contributed by atoms with E-state index < -0.39 is 5.97 Å². The van der Waals surface area contributed by atoms with Crippen molar-refractivity contribution < 1.29 is 14.7 Å². The predicted octanol–water partition coefficient (Wildman–Crippen LogP) is 3.18. The molecular formula is C15H23NO3S. The highest BCUT2D eigenvalue weighted by molar-refractivity contribution is 7.14. The van der Waals surface area contributed by atoms with E-state index in [9.17, 15) is 9.59 Å². The van der Waals surface area contributed by atoms with E-state index in [2.05, 4.69) is 26.1 Å². The Balaban J connectivity index is 2.52. The number of carbonyl (C=O) groups is 2. The zero-order valence-electron chi connectivity index (χ0n) is 12.3. The van der Waals surface area contributed by atoms with Gasteiger partial charge in [0, 0.05) is 17.8 Å². The van der Waals surface area contributed by atoms with Gasteiger partial charge in [-0.25, -0.2) is 0 Å². The summed E-state index contributed by atoms with van der Waals surface area (Å²) in [7, 11) is 0. The molecular weight excluding hydrogens is 274 g/mol. The maximum atomic E-state index is 12.0. The van der Waals surface area contributed by atoms with Crippen LogP contribution in [0.4, 0.5) is 0 Å². The van der Waals surface area contributed by atoms with Crippen molar-refractivity contribution in [2.75, 3.05) is 6.54 Å². The summed E-state index contributed by atoms with van der Waals surface area (Å²) in [5, 5.41) is 11.8. The van der Waals surface area contributed by atoms with E-state index in [0.29, 0.717) is 17.3 Å². The number of carbonyl (C=O) groups excluding carboxylic acids is 1. The van der Waals surface area contributed by atoms with Crippen LogP contribution in [0.15, 0.2) is 12.1 Å². The first kappa shape index (κ1) is 16.7. The molecule has 0 radical (unpaired) electrons. The summed E-state index contributed by atoms with van der Waals surface area (Å²) >= 11 is 1.49. The monoisotopic (exact) mass is 297 g/mol. The van der Waals surface area contributed by atoms with Crippen LogP contribution in [0.5, 0.6) is 0 Å². The molecule has 0 aliphatic carbocycles. The van der Waals surface area contributed by atoms with Gasteiger partial charge in [0.2, 0.25) is 0 Å². The smallest absolute Gasteiger partial charge is 0.303 e. The van der Waals surface area contributed by atoms with Crippen molar-refractivity contribution in [3.05, 3.63) is 21.9 Å². The molecule has 1 aromatic rings. The molecule has 0 spiro atoms. The summed E-state index contributed by atoms with van der Waals surface area (Å²) in [5.74, 6) is -0.505. The molecule has 1 atom stereocenters. The molecule has 1 unspecified atom stereocenters. The molecule has 0 aliphatic heterocycles. The number of amides is 1. The summed E-state index contributed by atoms with van der Waals surface area (Å²) in [4.78, 5) is 24.7. The molecule has 20 heavy (non-hydrogen) atoms. The first-order valence-corrected chi connectivity index (χ1v) is 7.82. The van der Waals surface area contributed by atoms with E-state index >= 15 is 0 Å². The summed E-state index contributed by atoms with van der Waals surface area (Å²) < 4.78 is 0. The van der Waals surface area contributed by atoms with Crippen molar-refractivity contribution in [3.8, 4) is 0 Å². The third-order valence-corrected chi connectivity index (χ3v) is 4.28. The quantitative estimate of drug-likeness (QED) is 0.774. The van der Waals surface area contributed by atoms with Gasteiger partial charge in [0.15, 0.2) is 0 Å². The van der Waals surface area contributed by atoms with Gasteiger partial charge in [-0.05, 0) is 36.8 Å². The minimum atomic E-state index is -0.811. The second kappa shape index (κ2) is 8.04. The van der Waals surface area contributed by atoms with Crippen LogP contribution in [0.2, 0.25) is 0 Å². The highest BCUT2D eigenvalue weighted by atomic mass is 32.1. The minimum Gasteiger partial charge on any atom is -0.481 e. The number of hydrogen-bond acceptors (Lipinski definition) is 3. The molecule has 4 nitrogen and oxygen atoms in total. The fourth-order valence-corrected chi connectivity index (χ4v) is 3.03. The Kier molecular flexibility index (Phi) is 6.71. The molecule has 2 N–H and O–H groups in total. The van der Waals surface area contributed by atoms with Crippen LogP contribution in [0.25, 0.3) is 0 Å². The zero-order valence-corrected chi connectivity index (χ0v) is 13.1. The van der Waals surface area contributed by atoms with Crippen LogP contribution in [-0.4, -0.2) is 23.5 Å². The average molecular weight is 297 g/mol. The number of thiophene rings is 1. The average Bonchev–Trinajstić information content (AvgIpc) is 2.83. The van der Waals surface area contributed by atoms with E-state index in [-0.39, 0.29) is 18.2 Å². The fraction of sp³-hybridized carbons (Fsp3) is 0.600. The van der Waals surface area contributed by atoms with Gasteiger partial charge in [-0.1, -0.05) is 20.8 Å². The summed E-state index contributed by atoms with van der Waals surface area (Å²) in [6.45, 7) is 6.59. The molecule has 0 fully saturated rings. The van der Waals surface area contributed by atoms with E-state index in [1.54, 1.807) is 0 Å². The zero-order chi connectivity index (χ0) is 15.1. The second-order valence-corrected chi connectivity index (χ2v) is 6.59. The molecule has 1 heterocycles. The topological polar surface area (TPSA) is 66.4 Å². The number of aryl methyl sites for hydroxylation is 1. The fourth-order valence-electron chi connectivity index (χ4n) is 2.17. The largest absolute Gasteiger partial charge is 0.481 e. The molecule has 112 valence electrons. The van der Waals surface area contributed by atoms with Crippen molar-refractivity contribution in [1.82, 2.24) is 5.32 Å². The standard InChI is InChI=1S/C15H23NO3S/c1-4-12-5-6-13(20-12)15(19)16-9-11(7-10(2)3)8-14(17)18/h5-6,10-11H,4,7-9H2,1-3H3,(H,16,19)(H,17,18). The first-order chi connectivity index (χ1) is 9.42. The SMILES string of the molecule is CCc1ccc(C(=O)NCC(CC(=O)O)CC(C)C)s1. The number of carboxylic acids is 1. The molecule has 0 bridgehead atoms. The molecule has 1 aromatic heterocycles. The lowest BCUT2D eigenvalue weighted by molar-refractivity contribution is -0.138. The van der Waals surface area contributed by atoms with Gasteiger partial charge in [0.25, 0.3) is 5.91 Å². The van der Waals surface area contributed by atoms with Crippen molar-refractivity contribution >= 4 is 23.2 Å². The molecule has 0 saturated carbocycles. The lowest BCUT2D eigenvalue weighted by atomic mass is 9.94. The van der Waals surface area contributed by atoms with Gasteiger partial charge in [-0.3, -0.25) is 9.59 Å². The van der Waals surface area contributed by atoms with Gasteiger partial charge in [-0.15, -0.1) is 11.3 Å². The molecule has 0 aromatic carbocycles. The number of aliphatic carboxylic acids is 1. The van der Waals surface area contributed by atoms with Gasteiger partial charge in [0.05, 0.1) is 4.88 Å². The number of hydrogen-bond donors (Lipinski definition) is 2. The Labute approximate surface area is 124 Å². The van der Waals surface area contributed by atoms with Crippen LogP contribution < -0.4 is 5.32 Å². The molecule has 0 saturated heterocycles. The van der Waals surface area contributed by atoms with Gasteiger partial charge < -0.3 is 10.4 Å². The van der Waals surface area contributed by atoms with E-state index in [0.717, 1.165) is 12.8 Å². The molecule has 1 amide bonds. The van der Waals surface area contributed by atoms with Crippen LogP contribution >= 0.6 is 11.3 Å². The van der Waals surface area contributed by atoms with Crippen molar-refractivity contribution in [3.63, 3.8) is 0 Å². The van der Waals surface area contributed by atoms with Crippen LogP contribution in [0, 0.1) is 11.8 Å². The normalized spacial score (nSPS) is 12.4. The Bertz CT molecular complexity index is 454. The predicted molar refractivity (Wildman–Crippen MR) is 81.2 cm³/mol. The molecule has 5 heteroatoms. The lowest BCUT2D eigenvalue weighted by Crippen LogP contribution is -2.30. The lowest BCUT2D eigenvalue weighted by Gasteiger charge is -2.17. The highest BCUT2D eigenvalue weighted by Crippen LogP contribution is 2.18. The van der Waals surface area contributed by atoms with Crippen molar-refractivity contribution in [2.24, 2.45) is 11.8 Å². The number of nitrogens with one attached hydrogen (secondary N) is 1. The maximum absolute atomic E-state index is 12.0. The van der Waals surface area contributed by atoms with E-state index in [1.807, 2.05) is 12.1 Å². The third-order valence-electron chi connectivity index (χ3n) is 3.05. The molecule has 1 rings (SSSR count). The van der Waals surface area contributed by atoms with Gasteiger partial charge in [0.1, 0.15) is 0 Å². The highest BCUT2D eigenvalue weighted by Gasteiger charge is 2.17. The van der Waals surface area contributed by atoms with Crippen LogP contribution in [0.3, 0.4) is 0 Å². The summed E-state index contributed by atoms with van der Waals surface area (Å²) in [6, 6.07) is 3.79. The third kappa shape index (κ3) is 5.74.